The van der Waals surface area contributed by atoms with Gasteiger partial charge in [0, 0.05) is 6.42 Å². The largest absolute Gasteiger partial charge is 0.394 e. The van der Waals surface area contributed by atoms with Crippen molar-refractivity contribution in [3.63, 3.8) is 0 Å². The molecule has 5 heteroatoms. The first-order chi connectivity index (χ1) is 15.1. The van der Waals surface area contributed by atoms with Gasteiger partial charge in [-0.25, -0.2) is 0 Å². The number of hydrogen-bond donors (Lipinski definition) is 4. The normalized spacial score (nSPS) is 11.7. The highest BCUT2D eigenvalue weighted by atomic mass is 16.3. The van der Waals surface area contributed by atoms with Gasteiger partial charge in [0.05, 0.1) is 19.8 Å². The van der Waals surface area contributed by atoms with E-state index in [1.165, 1.54) is 103 Å². The second kappa shape index (κ2) is 22.5. The van der Waals surface area contributed by atoms with Crippen LogP contribution in [0.1, 0.15) is 135 Å². The lowest BCUT2D eigenvalue weighted by Gasteiger charge is -2.28. The Morgan fingerprint density at radius 2 is 0.839 bits per heavy atom. The summed E-state index contributed by atoms with van der Waals surface area (Å²) in [6, 6.07) is 0. The van der Waals surface area contributed by atoms with Gasteiger partial charge in [-0.2, -0.15) is 0 Å². The topological polar surface area (TPSA) is 89.8 Å². The highest BCUT2D eigenvalue weighted by Crippen LogP contribution is 2.15. The van der Waals surface area contributed by atoms with E-state index >= 15 is 0 Å². The van der Waals surface area contributed by atoms with E-state index in [1.807, 2.05) is 0 Å². The average Bonchev–Trinajstić information content (AvgIpc) is 2.79. The summed E-state index contributed by atoms with van der Waals surface area (Å²) in [6.07, 6.45) is 25.5. The minimum absolute atomic E-state index is 0.218. The predicted molar refractivity (Wildman–Crippen MR) is 130 cm³/mol. The van der Waals surface area contributed by atoms with Gasteiger partial charge in [-0.15, -0.1) is 0 Å². The first kappa shape index (κ1) is 30.4. The third kappa shape index (κ3) is 18.6. The molecule has 0 aliphatic carbocycles. The average molecular weight is 444 g/mol. The molecule has 186 valence electrons. The van der Waals surface area contributed by atoms with E-state index in [1.54, 1.807) is 0 Å². The third-order valence-corrected chi connectivity index (χ3v) is 6.32. The van der Waals surface area contributed by atoms with Crippen LogP contribution in [0.2, 0.25) is 0 Å². The molecule has 0 radical (unpaired) electrons. The number of unbranched alkanes of at least 4 members (excludes halogenated alkanes) is 18. The van der Waals surface area contributed by atoms with Crippen LogP contribution in [0.4, 0.5) is 0 Å². The zero-order chi connectivity index (χ0) is 23.0. The number of aliphatic hydroxyl groups excluding tert-OH is 3. The Hall–Kier alpha value is -0.650. The molecular formula is C26H53NO4. The number of nitrogens with one attached hydrogen (secondary N) is 1. The number of carbonyl (C=O) groups excluding carboxylic acids is 1. The fourth-order valence-corrected chi connectivity index (χ4v) is 3.99. The molecule has 0 bridgehead atoms. The van der Waals surface area contributed by atoms with E-state index in [2.05, 4.69) is 12.2 Å². The Kier molecular flexibility index (Phi) is 22.1. The lowest BCUT2D eigenvalue weighted by molar-refractivity contribution is -0.125. The van der Waals surface area contributed by atoms with E-state index < -0.39 is 25.4 Å². The fourth-order valence-electron chi connectivity index (χ4n) is 3.99. The van der Waals surface area contributed by atoms with Crippen LogP contribution in [0.3, 0.4) is 0 Å². The Labute approximate surface area is 192 Å². The van der Waals surface area contributed by atoms with Gasteiger partial charge in [0.2, 0.25) is 5.91 Å². The van der Waals surface area contributed by atoms with Crippen molar-refractivity contribution in [2.75, 3.05) is 19.8 Å². The van der Waals surface area contributed by atoms with Crippen LogP contribution in [-0.2, 0) is 4.79 Å². The maximum absolute atomic E-state index is 11.9. The smallest absolute Gasteiger partial charge is 0.220 e. The van der Waals surface area contributed by atoms with Gasteiger partial charge in [0.1, 0.15) is 5.54 Å². The summed E-state index contributed by atoms with van der Waals surface area (Å²) in [4.78, 5) is 11.9. The lowest BCUT2D eigenvalue weighted by Crippen LogP contribution is -2.57. The number of aliphatic hydroxyl groups is 3. The molecule has 0 saturated carbocycles. The van der Waals surface area contributed by atoms with E-state index in [9.17, 15) is 20.1 Å². The van der Waals surface area contributed by atoms with Gasteiger partial charge in [-0.05, 0) is 6.42 Å². The van der Waals surface area contributed by atoms with E-state index in [0.29, 0.717) is 6.42 Å². The van der Waals surface area contributed by atoms with Crippen molar-refractivity contribution in [3.8, 4) is 0 Å². The van der Waals surface area contributed by atoms with Crippen molar-refractivity contribution in [1.82, 2.24) is 5.32 Å². The van der Waals surface area contributed by atoms with Crippen molar-refractivity contribution in [3.05, 3.63) is 0 Å². The SMILES string of the molecule is CCCCCCCCCCCCCCCCCCCCCC(=O)NC(CO)(CO)CO. The van der Waals surface area contributed by atoms with Crippen molar-refractivity contribution < 1.29 is 20.1 Å². The summed E-state index contributed by atoms with van der Waals surface area (Å²) in [5.74, 6) is -0.218. The molecule has 0 fully saturated rings. The van der Waals surface area contributed by atoms with Crippen molar-refractivity contribution in [2.24, 2.45) is 0 Å². The first-order valence-electron chi connectivity index (χ1n) is 13.3. The van der Waals surface area contributed by atoms with Gasteiger partial charge >= 0.3 is 0 Å². The van der Waals surface area contributed by atoms with Gasteiger partial charge < -0.3 is 20.6 Å². The maximum atomic E-state index is 11.9. The highest BCUT2D eigenvalue weighted by Gasteiger charge is 2.29. The van der Waals surface area contributed by atoms with Gasteiger partial charge in [-0.3, -0.25) is 4.79 Å². The van der Waals surface area contributed by atoms with Gasteiger partial charge in [-0.1, -0.05) is 122 Å². The molecule has 0 aromatic rings. The zero-order valence-electron chi connectivity index (χ0n) is 20.5. The molecule has 1 amide bonds. The first-order valence-corrected chi connectivity index (χ1v) is 13.3. The van der Waals surface area contributed by atoms with E-state index in [0.717, 1.165) is 19.3 Å². The minimum Gasteiger partial charge on any atom is -0.394 e. The molecule has 4 N–H and O–H groups in total. The van der Waals surface area contributed by atoms with E-state index in [4.69, 9.17) is 0 Å². The molecule has 5 nitrogen and oxygen atoms in total. The molecule has 0 atom stereocenters. The molecule has 0 aliphatic rings. The van der Waals surface area contributed by atoms with Crippen molar-refractivity contribution in [2.45, 2.75) is 141 Å². The van der Waals surface area contributed by atoms with Gasteiger partial charge in [0.15, 0.2) is 0 Å². The Morgan fingerprint density at radius 1 is 0.548 bits per heavy atom. The van der Waals surface area contributed by atoms with Crippen LogP contribution in [0.5, 0.6) is 0 Å². The summed E-state index contributed by atoms with van der Waals surface area (Å²) in [6.45, 7) is 0.873. The molecule has 0 rings (SSSR count). The highest BCUT2D eigenvalue weighted by molar-refractivity contribution is 5.76. The number of rotatable bonds is 24. The monoisotopic (exact) mass is 443 g/mol. The number of amides is 1. The van der Waals surface area contributed by atoms with E-state index in [-0.39, 0.29) is 5.91 Å². The quantitative estimate of drug-likeness (QED) is 0.145. The van der Waals surface area contributed by atoms with Crippen molar-refractivity contribution >= 4 is 5.91 Å². The number of carbonyl (C=O) groups is 1. The molecule has 0 spiro atoms. The van der Waals surface area contributed by atoms with Crippen LogP contribution in [0.15, 0.2) is 0 Å². The summed E-state index contributed by atoms with van der Waals surface area (Å²) >= 11 is 0. The minimum atomic E-state index is -1.30. The summed E-state index contributed by atoms with van der Waals surface area (Å²) < 4.78 is 0. The molecule has 0 aromatic heterocycles. The van der Waals surface area contributed by atoms with Crippen LogP contribution in [0.25, 0.3) is 0 Å². The summed E-state index contributed by atoms with van der Waals surface area (Å²) in [5, 5.41) is 30.2. The molecule has 0 unspecified atom stereocenters. The van der Waals surface area contributed by atoms with Crippen molar-refractivity contribution in [1.29, 1.82) is 0 Å². The lowest BCUT2D eigenvalue weighted by atomic mass is 10.0. The molecule has 0 saturated heterocycles. The van der Waals surface area contributed by atoms with Crippen LogP contribution >= 0.6 is 0 Å². The predicted octanol–water partition coefficient (Wildman–Crippen LogP) is 5.64. The molecule has 0 aromatic carbocycles. The maximum Gasteiger partial charge on any atom is 0.220 e. The Bertz CT molecular complexity index is 377. The molecule has 0 aliphatic heterocycles. The summed E-state index contributed by atoms with van der Waals surface area (Å²) in [5.41, 5.74) is -1.30. The van der Waals surface area contributed by atoms with Crippen LogP contribution in [-0.4, -0.2) is 46.6 Å². The molecular weight excluding hydrogens is 390 g/mol. The fraction of sp³-hybridized carbons (Fsp3) is 0.962. The standard InChI is InChI=1S/C26H53NO4/c1-2-3-4-5-6-7-8-9-10-11-12-13-14-15-16-17-18-19-20-21-25(31)27-26(22-28,23-29)24-30/h28-30H,2-24H2,1H3,(H,27,31). The second-order valence-electron chi connectivity index (χ2n) is 9.42. The Morgan fingerprint density at radius 3 is 1.13 bits per heavy atom. The third-order valence-electron chi connectivity index (χ3n) is 6.32. The second-order valence-corrected chi connectivity index (χ2v) is 9.42. The zero-order valence-corrected chi connectivity index (χ0v) is 20.5. The van der Waals surface area contributed by atoms with Crippen LogP contribution < -0.4 is 5.32 Å². The van der Waals surface area contributed by atoms with Gasteiger partial charge in [0.25, 0.3) is 0 Å². The Balaban J connectivity index is 3.29. The summed E-state index contributed by atoms with van der Waals surface area (Å²) in [7, 11) is 0. The molecule has 0 heterocycles. The number of hydrogen-bond acceptors (Lipinski definition) is 4. The van der Waals surface area contributed by atoms with Crippen LogP contribution in [0, 0.1) is 0 Å². The molecule has 31 heavy (non-hydrogen) atoms.